The summed E-state index contributed by atoms with van der Waals surface area (Å²) in [7, 11) is 3.24. The van der Waals surface area contributed by atoms with Gasteiger partial charge in [0.1, 0.15) is 17.2 Å². The Morgan fingerprint density at radius 2 is 1.61 bits per heavy atom. The number of carbonyl (C=O) groups is 1. The molecule has 0 radical (unpaired) electrons. The molecule has 0 saturated carbocycles. The van der Waals surface area contributed by atoms with Gasteiger partial charge in [-0.05, 0) is 48.4 Å². The second-order valence-corrected chi connectivity index (χ2v) is 7.86. The lowest BCUT2D eigenvalue weighted by Crippen LogP contribution is -2.19. The highest BCUT2D eigenvalue weighted by molar-refractivity contribution is 5.98. The number of nitrogens with one attached hydrogen (secondary N) is 1. The van der Waals surface area contributed by atoms with Crippen molar-refractivity contribution in [3.8, 4) is 11.5 Å². The van der Waals surface area contributed by atoms with Crippen LogP contribution >= 0.6 is 0 Å². The molecule has 6 nitrogen and oxygen atoms in total. The smallest absolute Gasteiger partial charge is 0.352 e. The van der Waals surface area contributed by atoms with Crippen LogP contribution in [0.3, 0.4) is 0 Å². The number of hydrogen-bond donors (Lipinski definition) is 2. The fraction of sp³-hybridized carbons (Fsp3) is 0.222. The van der Waals surface area contributed by atoms with Crippen molar-refractivity contribution in [3.63, 3.8) is 0 Å². The van der Waals surface area contributed by atoms with Gasteiger partial charge >= 0.3 is 5.97 Å². The van der Waals surface area contributed by atoms with Crippen molar-refractivity contribution in [3.05, 3.63) is 95.2 Å². The molecule has 0 spiro atoms. The van der Waals surface area contributed by atoms with Crippen LogP contribution in [-0.2, 0) is 19.5 Å². The van der Waals surface area contributed by atoms with E-state index in [1.54, 1.807) is 14.2 Å². The van der Waals surface area contributed by atoms with Crippen molar-refractivity contribution in [2.24, 2.45) is 0 Å². The summed E-state index contributed by atoms with van der Waals surface area (Å²) in [6.07, 6.45) is 0.877. The topological polar surface area (TPSA) is 72.7 Å². The first-order chi connectivity index (χ1) is 16.1. The highest BCUT2D eigenvalue weighted by atomic mass is 16.5. The maximum atomic E-state index is 12.4. The zero-order chi connectivity index (χ0) is 23.2. The number of methoxy groups -OCH3 is 2. The number of hydrogen-bond acceptors (Lipinski definition) is 4. The average Bonchev–Trinajstić information content (AvgIpc) is 3.15. The lowest BCUT2D eigenvalue weighted by molar-refractivity contribution is 0.0684. The summed E-state index contributed by atoms with van der Waals surface area (Å²) in [5.41, 5.74) is 4.14. The van der Waals surface area contributed by atoms with Gasteiger partial charge in [-0.25, -0.2) is 4.79 Å². The van der Waals surface area contributed by atoms with Crippen molar-refractivity contribution in [1.82, 2.24) is 9.88 Å². The van der Waals surface area contributed by atoms with E-state index in [0.29, 0.717) is 24.5 Å². The third kappa shape index (κ3) is 5.02. The first-order valence-corrected chi connectivity index (χ1v) is 10.9. The van der Waals surface area contributed by atoms with E-state index in [1.807, 2.05) is 65.2 Å². The monoisotopic (exact) mass is 444 g/mol. The van der Waals surface area contributed by atoms with Crippen molar-refractivity contribution < 1.29 is 19.4 Å². The Bertz CT molecular complexity index is 1230. The molecule has 4 rings (SSSR count). The van der Waals surface area contributed by atoms with Crippen LogP contribution < -0.4 is 14.8 Å². The molecule has 0 amide bonds. The van der Waals surface area contributed by atoms with Crippen molar-refractivity contribution >= 4 is 16.9 Å². The van der Waals surface area contributed by atoms with E-state index in [9.17, 15) is 9.90 Å². The van der Waals surface area contributed by atoms with Crippen LogP contribution in [0.15, 0.2) is 72.8 Å². The Morgan fingerprint density at radius 1 is 0.909 bits per heavy atom. The first-order valence-electron chi connectivity index (χ1n) is 10.9. The largest absolute Gasteiger partial charge is 0.497 e. The van der Waals surface area contributed by atoms with E-state index in [-0.39, 0.29) is 0 Å². The number of carboxylic acids is 1. The van der Waals surface area contributed by atoms with Gasteiger partial charge in [-0.1, -0.05) is 42.5 Å². The molecule has 33 heavy (non-hydrogen) atoms. The standard InChI is InChI=1S/C27H28N2O4/c1-32-21-10-8-20(9-11-21)18-29-25-16-22(33-2)12-13-23(25)24(26(29)27(30)31)17-28-15-14-19-6-4-3-5-7-19/h3-13,16,28H,14-15,17-18H2,1-2H3,(H,30,31). The number of nitrogens with zero attached hydrogens (tertiary/aromatic N) is 1. The predicted molar refractivity (Wildman–Crippen MR) is 129 cm³/mol. The molecule has 0 bridgehead atoms. The molecule has 4 aromatic rings. The number of ether oxygens (including phenoxy) is 2. The van der Waals surface area contributed by atoms with Crippen LogP contribution in [0.5, 0.6) is 11.5 Å². The van der Waals surface area contributed by atoms with E-state index in [4.69, 9.17) is 9.47 Å². The highest BCUT2D eigenvalue weighted by Gasteiger charge is 2.23. The van der Waals surface area contributed by atoms with Crippen LogP contribution in [-0.4, -0.2) is 36.4 Å². The average molecular weight is 445 g/mol. The summed E-state index contributed by atoms with van der Waals surface area (Å²) in [5, 5.41) is 14.5. The maximum absolute atomic E-state index is 12.4. The number of aromatic carboxylic acids is 1. The molecule has 0 unspecified atom stereocenters. The minimum Gasteiger partial charge on any atom is -0.497 e. The molecule has 0 aliphatic rings. The van der Waals surface area contributed by atoms with Gasteiger partial charge < -0.3 is 24.5 Å². The summed E-state index contributed by atoms with van der Waals surface area (Å²) < 4.78 is 12.5. The molecule has 0 saturated heterocycles. The fourth-order valence-corrected chi connectivity index (χ4v) is 4.12. The van der Waals surface area contributed by atoms with Crippen LogP contribution in [0.2, 0.25) is 0 Å². The summed E-state index contributed by atoms with van der Waals surface area (Å²) in [6.45, 7) is 1.65. The summed E-state index contributed by atoms with van der Waals surface area (Å²) in [5.74, 6) is 0.509. The van der Waals surface area contributed by atoms with Crippen molar-refractivity contribution in [1.29, 1.82) is 0 Å². The quantitative estimate of drug-likeness (QED) is 0.346. The second kappa shape index (κ2) is 10.2. The molecule has 0 aliphatic heterocycles. The summed E-state index contributed by atoms with van der Waals surface area (Å²) in [4.78, 5) is 12.4. The highest BCUT2D eigenvalue weighted by Crippen LogP contribution is 2.31. The number of benzene rings is 3. The molecule has 0 atom stereocenters. The van der Waals surface area contributed by atoms with Gasteiger partial charge in [-0.3, -0.25) is 0 Å². The minimum atomic E-state index is -0.946. The van der Waals surface area contributed by atoms with E-state index >= 15 is 0 Å². The Hall–Kier alpha value is -3.77. The van der Waals surface area contributed by atoms with Gasteiger partial charge in [0.2, 0.25) is 0 Å². The first kappa shape index (κ1) is 22.4. The van der Waals surface area contributed by atoms with Crippen LogP contribution in [0.25, 0.3) is 10.9 Å². The molecule has 0 fully saturated rings. The number of aromatic nitrogens is 1. The van der Waals surface area contributed by atoms with Gasteiger partial charge in [0.05, 0.1) is 19.7 Å². The minimum absolute atomic E-state index is 0.293. The Kier molecular flexibility index (Phi) is 6.95. The second-order valence-electron chi connectivity index (χ2n) is 7.86. The lowest BCUT2D eigenvalue weighted by atomic mass is 10.1. The van der Waals surface area contributed by atoms with E-state index in [2.05, 4.69) is 17.4 Å². The van der Waals surface area contributed by atoms with Crippen molar-refractivity contribution in [2.75, 3.05) is 20.8 Å². The molecule has 1 aromatic heterocycles. The van der Waals surface area contributed by atoms with E-state index < -0.39 is 5.97 Å². The third-order valence-corrected chi connectivity index (χ3v) is 5.81. The van der Waals surface area contributed by atoms with Gasteiger partial charge in [0.25, 0.3) is 0 Å². The molecule has 2 N–H and O–H groups in total. The molecule has 170 valence electrons. The van der Waals surface area contributed by atoms with Gasteiger partial charge in [0.15, 0.2) is 0 Å². The molecule has 1 heterocycles. The number of fused-ring (bicyclic) bond motifs is 1. The SMILES string of the molecule is COc1ccc(Cn2c(C(=O)O)c(CNCCc3ccccc3)c3ccc(OC)cc32)cc1. The lowest BCUT2D eigenvalue weighted by Gasteiger charge is -2.11. The van der Waals surface area contributed by atoms with E-state index in [0.717, 1.165) is 40.7 Å². The van der Waals surface area contributed by atoms with Gasteiger partial charge in [0, 0.05) is 30.1 Å². The van der Waals surface area contributed by atoms with Gasteiger partial charge in [-0.15, -0.1) is 0 Å². The predicted octanol–water partition coefficient (Wildman–Crippen LogP) is 4.74. The molecule has 3 aromatic carbocycles. The maximum Gasteiger partial charge on any atom is 0.352 e. The normalized spacial score (nSPS) is 11.0. The van der Waals surface area contributed by atoms with Crippen LogP contribution in [0.1, 0.15) is 27.2 Å². The third-order valence-electron chi connectivity index (χ3n) is 5.81. The molecular formula is C27H28N2O4. The van der Waals surface area contributed by atoms with E-state index in [1.165, 1.54) is 5.56 Å². The summed E-state index contributed by atoms with van der Waals surface area (Å²) >= 11 is 0. The zero-order valence-electron chi connectivity index (χ0n) is 18.9. The number of rotatable bonds is 10. The Balaban J connectivity index is 1.67. The Morgan fingerprint density at radius 3 is 2.27 bits per heavy atom. The van der Waals surface area contributed by atoms with Crippen molar-refractivity contribution in [2.45, 2.75) is 19.5 Å². The zero-order valence-corrected chi connectivity index (χ0v) is 18.9. The molecular weight excluding hydrogens is 416 g/mol. The Labute approximate surface area is 193 Å². The fourth-order valence-electron chi connectivity index (χ4n) is 4.12. The van der Waals surface area contributed by atoms with Gasteiger partial charge in [-0.2, -0.15) is 0 Å². The molecule has 6 heteroatoms. The number of carboxylic acid groups (broad SMARTS) is 1. The molecule has 0 aliphatic carbocycles. The summed E-state index contributed by atoms with van der Waals surface area (Å²) in [6, 6.07) is 23.6. The van der Waals surface area contributed by atoms with Crippen LogP contribution in [0, 0.1) is 0 Å². The van der Waals surface area contributed by atoms with Crippen LogP contribution in [0.4, 0.5) is 0 Å².